The summed E-state index contributed by atoms with van der Waals surface area (Å²) in [7, 11) is 1.64. The van der Waals surface area contributed by atoms with Gasteiger partial charge in [-0.05, 0) is 27.2 Å². The van der Waals surface area contributed by atoms with Gasteiger partial charge in [0.2, 0.25) is 5.88 Å². The molecule has 0 aliphatic carbocycles. The van der Waals surface area contributed by atoms with Gasteiger partial charge in [0.15, 0.2) is 0 Å². The van der Waals surface area contributed by atoms with Crippen LogP contribution in [0.3, 0.4) is 0 Å². The molecule has 0 fully saturated rings. The van der Waals surface area contributed by atoms with E-state index in [1.807, 2.05) is 6.92 Å². The first-order valence-electron chi connectivity index (χ1n) is 5.80. The van der Waals surface area contributed by atoms with E-state index in [-0.39, 0.29) is 0 Å². The minimum absolute atomic E-state index is 0.410. The van der Waals surface area contributed by atoms with Crippen LogP contribution in [0.15, 0.2) is 6.33 Å². The molecule has 1 rings (SSSR count). The molecular weight excluding hydrogens is 282 g/mol. The highest BCUT2D eigenvalue weighted by Gasteiger charge is 2.16. The van der Waals surface area contributed by atoms with Crippen LogP contribution in [-0.2, 0) is 0 Å². The predicted octanol–water partition coefficient (Wildman–Crippen LogP) is 2.79. The van der Waals surface area contributed by atoms with Gasteiger partial charge in [-0.2, -0.15) is 0 Å². The molecule has 0 bridgehead atoms. The number of hydrogen-bond acceptors (Lipinski definition) is 4. The summed E-state index contributed by atoms with van der Waals surface area (Å²) in [6, 6.07) is 0.410. The Hall–Kier alpha value is -0.840. The van der Waals surface area contributed by atoms with Crippen molar-refractivity contribution in [2.75, 3.05) is 23.9 Å². The van der Waals surface area contributed by atoms with E-state index in [4.69, 9.17) is 4.74 Å². The third-order valence-corrected chi connectivity index (χ3v) is 3.19. The van der Waals surface area contributed by atoms with Crippen molar-refractivity contribution in [2.45, 2.75) is 33.2 Å². The quantitative estimate of drug-likeness (QED) is 0.757. The molecule has 0 aliphatic heterocycles. The van der Waals surface area contributed by atoms with Crippen molar-refractivity contribution in [3.05, 3.63) is 11.9 Å². The molecule has 0 spiro atoms. The highest BCUT2D eigenvalue weighted by molar-refractivity contribution is 9.09. The maximum atomic E-state index is 5.23. The largest absolute Gasteiger partial charge is 0.481 e. The molecule has 1 aromatic rings. The average Bonchev–Trinajstić information content (AvgIpc) is 2.31. The lowest BCUT2D eigenvalue weighted by Gasteiger charge is -2.29. The van der Waals surface area contributed by atoms with E-state index < -0.39 is 0 Å². The van der Waals surface area contributed by atoms with E-state index in [1.54, 1.807) is 13.4 Å². The van der Waals surface area contributed by atoms with Crippen molar-refractivity contribution in [3.8, 4) is 5.88 Å². The molecular formula is C12H20BrN3O. The number of alkyl halides is 1. The van der Waals surface area contributed by atoms with Gasteiger partial charge in [0, 0.05) is 17.9 Å². The Morgan fingerprint density at radius 3 is 2.65 bits per heavy atom. The van der Waals surface area contributed by atoms with E-state index in [2.05, 4.69) is 44.6 Å². The molecule has 0 unspecified atom stereocenters. The summed E-state index contributed by atoms with van der Waals surface area (Å²) in [4.78, 5) is 10.8. The predicted molar refractivity (Wildman–Crippen MR) is 74.2 cm³/mol. The molecule has 0 atom stereocenters. The molecule has 0 aromatic carbocycles. The van der Waals surface area contributed by atoms with Gasteiger partial charge in [-0.25, -0.2) is 9.97 Å². The first-order chi connectivity index (χ1) is 8.11. The van der Waals surface area contributed by atoms with Crippen molar-refractivity contribution in [1.29, 1.82) is 0 Å². The fraction of sp³-hybridized carbons (Fsp3) is 0.667. The second-order valence-corrected chi connectivity index (χ2v) is 4.95. The van der Waals surface area contributed by atoms with Crippen molar-refractivity contribution in [2.24, 2.45) is 0 Å². The summed E-state index contributed by atoms with van der Waals surface area (Å²) in [5.74, 6) is 1.62. The van der Waals surface area contributed by atoms with E-state index in [1.165, 1.54) is 0 Å². The fourth-order valence-electron chi connectivity index (χ4n) is 1.76. The second-order valence-electron chi connectivity index (χ2n) is 4.16. The van der Waals surface area contributed by atoms with Crippen LogP contribution < -0.4 is 9.64 Å². The van der Waals surface area contributed by atoms with Crippen LogP contribution in [0.5, 0.6) is 5.88 Å². The number of ether oxygens (including phenoxy) is 1. The molecule has 0 saturated carbocycles. The van der Waals surface area contributed by atoms with Gasteiger partial charge in [-0.1, -0.05) is 15.9 Å². The number of rotatable bonds is 6. The first-order valence-corrected chi connectivity index (χ1v) is 6.92. The average molecular weight is 302 g/mol. The van der Waals surface area contributed by atoms with Crippen LogP contribution in [0, 0.1) is 6.92 Å². The Morgan fingerprint density at radius 1 is 1.41 bits per heavy atom. The van der Waals surface area contributed by atoms with E-state index in [0.29, 0.717) is 11.9 Å². The third-order valence-electron chi connectivity index (χ3n) is 2.63. The lowest BCUT2D eigenvalue weighted by molar-refractivity contribution is 0.393. The minimum atomic E-state index is 0.410. The van der Waals surface area contributed by atoms with Crippen LogP contribution in [0.2, 0.25) is 0 Å². The highest BCUT2D eigenvalue weighted by atomic mass is 79.9. The zero-order valence-corrected chi connectivity index (χ0v) is 12.5. The number of nitrogens with zero attached hydrogens (tertiary/aromatic N) is 3. The number of halogens is 1. The van der Waals surface area contributed by atoms with Crippen molar-refractivity contribution in [1.82, 2.24) is 9.97 Å². The standard InChI is InChI=1S/C12H20BrN3O/c1-9(2)16(7-5-6-13)11-10(3)12(17-4)15-8-14-11/h8-9H,5-7H2,1-4H3. The molecule has 1 aromatic heterocycles. The Bertz CT molecular complexity index is 358. The third kappa shape index (κ3) is 3.56. The smallest absolute Gasteiger partial charge is 0.221 e. The van der Waals surface area contributed by atoms with Crippen LogP contribution in [-0.4, -0.2) is 35.0 Å². The van der Waals surface area contributed by atoms with Gasteiger partial charge in [0.25, 0.3) is 0 Å². The zero-order chi connectivity index (χ0) is 12.8. The topological polar surface area (TPSA) is 38.3 Å². The van der Waals surface area contributed by atoms with E-state index in [9.17, 15) is 0 Å². The Labute approximate surface area is 112 Å². The van der Waals surface area contributed by atoms with Crippen LogP contribution in [0.4, 0.5) is 5.82 Å². The maximum absolute atomic E-state index is 5.23. The van der Waals surface area contributed by atoms with Gasteiger partial charge in [0.05, 0.1) is 12.7 Å². The molecule has 5 heteroatoms. The Kier molecular flexibility index (Phi) is 5.68. The molecule has 1 heterocycles. The van der Waals surface area contributed by atoms with Gasteiger partial charge >= 0.3 is 0 Å². The fourth-order valence-corrected chi connectivity index (χ4v) is 2.01. The van der Waals surface area contributed by atoms with Crippen LogP contribution in [0.25, 0.3) is 0 Å². The Balaban J connectivity index is 3.01. The van der Waals surface area contributed by atoms with Crippen molar-refractivity contribution < 1.29 is 4.74 Å². The first kappa shape index (κ1) is 14.2. The normalized spacial score (nSPS) is 10.7. The van der Waals surface area contributed by atoms with Crippen LogP contribution >= 0.6 is 15.9 Å². The molecule has 0 N–H and O–H groups in total. The van der Waals surface area contributed by atoms with Crippen molar-refractivity contribution >= 4 is 21.7 Å². The Morgan fingerprint density at radius 2 is 2.12 bits per heavy atom. The van der Waals surface area contributed by atoms with E-state index >= 15 is 0 Å². The molecule has 96 valence electrons. The summed E-state index contributed by atoms with van der Waals surface area (Å²) < 4.78 is 5.23. The molecule has 0 radical (unpaired) electrons. The molecule has 17 heavy (non-hydrogen) atoms. The summed E-state index contributed by atoms with van der Waals surface area (Å²) in [5.41, 5.74) is 0.998. The van der Waals surface area contributed by atoms with Gasteiger partial charge in [-0.3, -0.25) is 0 Å². The number of aromatic nitrogens is 2. The molecule has 4 nitrogen and oxygen atoms in total. The lowest BCUT2D eigenvalue weighted by Crippen LogP contribution is -2.33. The lowest BCUT2D eigenvalue weighted by atomic mass is 10.2. The summed E-state index contributed by atoms with van der Waals surface area (Å²) in [6.07, 6.45) is 2.65. The van der Waals surface area contributed by atoms with Gasteiger partial charge in [-0.15, -0.1) is 0 Å². The molecule has 0 aliphatic rings. The number of hydrogen-bond donors (Lipinski definition) is 0. The number of methoxy groups -OCH3 is 1. The molecule has 0 amide bonds. The molecule has 0 saturated heterocycles. The second kappa shape index (κ2) is 6.79. The van der Waals surface area contributed by atoms with Gasteiger partial charge in [0.1, 0.15) is 12.1 Å². The summed E-state index contributed by atoms with van der Waals surface area (Å²) >= 11 is 3.46. The maximum Gasteiger partial charge on any atom is 0.221 e. The monoisotopic (exact) mass is 301 g/mol. The summed E-state index contributed by atoms with van der Waals surface area (Å²) in [5, 5.41) is 0.998. The summed E-state index contributed by atoms with van der Waals surface area (Å²) in [6.45, 7) is 7.31. The zero-order valence-electron chi connectivity index (χ0n) is 10.9. The van der Waals surface area contributed by atoms with E-state index in [0.717, 1.165) is 29.7 Å². The van der Waals surface area contributed by atoms with Crippen molar-refractivity contribution in [3.63, 3.8) is 0 Å². The van der Waals surface area contributed by atoms with Crippen LogP contribution in [0.1, 0.15) is 25.8 Å². The van der Waals surface area contributed by atoms with Gasteiger partial charge < -0.3 is 9.64 Å². The minimum Gasteiger partial charge on any atom is -0.481 e. The number of anilines is 1. The SMILES string of the molecule is COc1ncnc(N(CCCBr)C(C)C)c1C. The highest BCUT2D eigenvalue weighted by Crippen LogP contribution is 2.25.